The van der Waals surface area contributed by atoms with Crippen molar-refractivity contribution in [2.75, 3.05) is 7.11 Å². The number of para-hydroxylation sites is 1. The first-order valence-electron chi connectivity index (χ1n) is 3.68. The molecule has 0 bridgehead atoms. The van der Waals surface area contributed by atoms with Gasteiger partial charge in [-0.25, -0.2) is 0 Å². The third-order valence-corrected chi connectivity index (χ3v) is 1.72. The summed E-state index contributed by atoms with van der Waals surface area (Å²) < 4.78 is 0. The molecule has 2 aromatic rings. The first-order valence-corrected chi connectivity index (χ1v) is 3.68. The number of hydrogen-bond acceptors (Lipinski definition) is 2. The summed E-state index contributed by atoms with van der Waals surface area (Å²) in [6, 6.07) is 7.76. The predicted octanol–water partition coefficient (Wildman–Crippen LogP) is 2.11. The Balaban J connectivity index is 2.57. The fourth-order valence-electron chi connectivity index (χ4n) is 1.22. The van der Waals surface area contributed by atoms with Crippen molar-refractivity contribution in [2.24, 2.45) is 0 Å². The van der Waals surface area contributed by atoms with Gasteiger partial charge in [-0.1, -0.05) is 12.1 Å². The Bertz CT molecular complexity index is 381. The van der Waals surface area contributed by atoms with Crippen LogP contribution in [0.25, 0.3) is 10.9 Å². The van der Waals surface area contributed by atoms with E-state index in [-0.39, 0.29) is 0 Å². The van der Waals surface area contributed by atoms with Gasteiger partial charge in [0.25, 0.3) is 0 Å². The topological polar surface area (TPSA) is 34.2 Å². The molecule has 0 saturated heterocycles. The molecular weight excluding hydrogens is 154 g/mol. The Morgan fingerprint density at radius 1 is 1.25 bits per heavy atom. The van der Waals surface area contributed by atoms with Crippen LogP contribution in [0, 0.1) is 0 Å². The molecule has 12 heavy (non-hydrogen) atoms. The van der Waals surface area contributed by atoms with Gasteiger partial charge in [-0.15, -0.1) is 0 Å². The minimum Gasteiger partial charge on any atom is -0.358 e. The number of aromatic nitrogens is 1. The highest BCUT2D eigenvalue weighted by Gasteiger charge is 2.01. The van der Waals surface area contributed by atoms with Crippen LogP contribution in [-0.2, 0) is 4.89 Å². The molecule has 0 fully saturated rings. The quantitative estimate of drug-likeness (QED) is 0.543. The highest BCUT2D eigenvalue weighted by molar-refractivity contribution is 5.84. The summed E-state index contributed by atoms with van der Waals surface area (Å²) in [5, 5.41) is 1.12. The van der Waals surface area contributed by atoms with E-state index in [1.165, 1.54) is 7.11 Å². The fourth-order valence-corrected chi connectivity index (χ4v) is 1.22. The number of benzene rings is 1. The van der Waals surface area contributed by atoms with E-state index in [2.05, 4.69) is 9.87 Å². The molecule has 0 saturated carbocycles. The number of fused-ring (bicyclic) bond motifs is 1. The number of H-pyrrole nitrogens is 1. The van der Waals surface area contributed by atoms with Crippen LogP contribution >= 0.6 is 0 Å². The molecule has 62 valence electrons. The third kappa shape index (κ3) is 1.04. The van der Waals surface area contributed by atoms with Crippen LogP contribution in [0.4, 0.5) is 0 Å². The monoisotopic (exact) mass is 163 g/mol. The molecule has 0 atom stereocenters. The van der Waals surface area contributed by atoms with Gasteiger partial charge >= 0.3 is 0 Å². The zero-order chi connectivity index (χ0) is 8.39. The van der Waals surface area contributed by atoms with E-state index >= 15 is 0 Å². The molecule has 0 amide bonds. The van der Waals surface area contributed by atoms with Crippen molar-refractivity contribution in [1.29, 1.82) is 0 Å². The Labute approximate surface area is 69.8 Å². The number of aromatic amines is 1. The second-order valence-corrected chi connectivity index (χ2v) is 2.45. The Morgan fingerprint density at radius 3 is 3.00 bits per heavy atom. The zero-order valence-corrected chi connectivity index (χ0v) is 6.70. The standard InChI is InChI=1S/C9H9NO2/c1-11-12-8-4-2-3-7-5-6-10-9(7)8/h2-6,10H,1H3. The Kier molecular flexibility index (Phi) is 1.72. The van der Waals surface area contributed by atoms with Gasteiger partial charge < -0.3 is 9.87 Å². The molecule has 0 aliphatic heterocycles. The minimum atomic E-state index is 0.708. The molecule has 1 aromatic heterocycles. The van der Waals surface area contributed by atoms with Gasteiger partial charge in [-0.05, 0) is 12.1 Å². The molecule has 0 spiro atoms. The molecular formula is C9H9NO2. The predicted molar refractivity (Wildman–Crippen MR) is 45.9 cm³/mol. The lowest BCUT2D eigenvalue weighted by molar-refractivity contribution is -0.177. The summed E-state index contributed by atoms with van der Waals surface area (Å²) in [6.45, 7) is 0. The normalized spacial score (nSPS) is 10.4. The van der Waals surface area contributed by atoms with Crippen LogP contribution < -0.4 is 4.89 Å². The van der Waals surface area contributed by atoms with E-state index in [0.717, 1.165) is 10.9 Å². The SMILES string of the molecule is COOc1cccc2cc[nH]c12. The van der Waals surface area contributed by atoms with E-state index in [9.17, 15) is 0 Å². The summed E-state index contributed by atoms with van der Waals surface area (Å²) in [6.07, 6.45) is 1.87. The summed E-state index contributed by atoms with van der Waals surface area (Å²) >= 11 is 0. The van der Waals surface area contributed by atoms with E-state index in [1.807, 2.05) is 30.5 Å². The maximum absolute atomic E-state index is 4.95. The van der Waals surface area contributed by atoms with Gasteiger partial charge in [0.05, 0.1) is 12.6 Å². The Morgan fingerprint density at radius 2 is 2.17 bits per heavy atom. The fraction of sp³-hybridized carbons (Fsp3) is 0.111. The van der Waals surface area contributed by atoms with E-state index < -0.39 is 0 Å². The highest BCUT2D eigenvalue weighted by atomic mass is 17.2. The molecule has 1 N–H and O–H groups in total. The van der Waals surface area contributed by atoms with Crippen LogP contribution in [0.2, 0.25) is 0 Å². The second-order valence-electron chi connectivity index (χ2n) is 2.45. The smallest absolute Gasteiger partial charge is 0.189 e. The summed E-state index contributed by atoms with van der Waals surface area (Å²) in [5.41, 5.74) is 0.958. The second kappa shape index (κ2) is 2.87. The van der Waals surface area contributed by atoms with E-state index in [4.69, 9.17) is 4.89 Å². The molecule has 3 nitrogen and oxygen atoms in total. The average molecular weight is 163 g/mol. The van der Waals surface area contributed by atoms with Crippen molar-refractivity contribution in [3.8, 4) is 5.75 Å². The van der Waals surface area contributed by atoms with Crippen LogP contribution in [0.3, 0.4) is 0 Å². The third-order valence-electron chi connectivity index (χ3n) is 1.72. The molecule has 2 rings (SSSR count). The molecule has 0 unspecified atom stereocenters. The number of rotatable bonds is 2. The van der Waals surface area contributed by atoms with Crippen LogP contribution in [-0.4, -0.2) is 12.1 Å². The summed E-state index contributed by atoms with van der Waals surface area (Å²) in [7, 11) is 1.49. The van der Waals surface area contributed by atoms with Crippen molar-refractivity contribution in [1.82, 2.24) is 4.98 Å². The number of nitrogens with one attached hydrogen (secondary N) is 1. The van der Waals surface area contributed by atoms with Gasteiger partial charge in [0.15, 0.2) is 5.75 Å². The van der Waals surface area contributed by atoms with Crippen molar-refractivity contribution in [3.05, 3.63) is 30.5 Å². The van der Waals surface area contributed by atoms with E-state index in [0.29, 0.717) is 5.75 Å². The molecule has 1 heterocycles. The van der Waals surface area contributed by atoms with Crippen molar-refractivity contribution in [2.45, 2.75) is 0 Å². The molecule has 1 aromatic carbocycles. The Hall–Kier alpha value is -1.48. The van der Waals surface area contributed by atoms with Crippen molar-refractivity contribution in [3.63, 3.8) is 0 Å². The van der Waals surface area contributed by atoms with Gasteiger partial charge in [0.1, 0.15) is 0 Å². The summed E-state index contributed by atoms with van der Waals surface area (Å²) in [5.74, 6) is 0.708. The molecule has 3 heteroatoms. The van der Waals surface area contributed by atoms with Crippen LogP contribution in [0.15, 0.2) is 30.5 Å². The lowest BCUT2D eigenvalue weighted by Crippen LogP contribution is -1.90. The maximum atomic E-state index is 4.95. The maximum Gasteiger partial charge on any atom is 0.189 e. The van der Waals surface area contributed by atoms with E-state index in [1.54, 1.807) is 0 Å². The highest BCUT2D eigenvalue weighted by Crippen LogP contribution is 2.23. The van der Waals surface area contributed by atoms with Crippen molar-refractivity contribution >= 4 is 10.9 Å². The molecule has 0 radical (unpaired) electrons. The zero-order valence-electron chi connectivity index (χ0n) is 6.70. The average Bonchev–Trinajstić information content (AvgIpc) is 2.53. The first-order chi connectivity index (χ1) is 5.92. The number of hydrogen-bond donors (Lipinski definition) is 1. The van der Waals surface area contributed by atoms with Crippen molar-refractivity contribution < 1.29 is 9.78 Å². The molecule has 0 aliphatic carbocycles. The van der Waals surface area contributed by atoms with Gasteiger partial charge in [0.2, 0.25) is 0 Å². The lowest BCUT2D eigenvalue weighted by atomic mass is 10.2. The van der Waals surface area contributed by atoms with Gasteiger partial charge in [-0.2, -0.15) is 4.89 Å². The largest absolute Gasteiger partial charge is 0.358 e. The first kappa shape index (κ1) is 7.18. The molecule has 0 aliphatic rings. The lowest BCUT2D eigenvalue weighted by Gasteiger charge is -2.00. The minimum absolute atomic E-state index is 0.708. The van der Waals surface area contributed by atoms with Crippen LogP contribution in [0.5, 0.6) is 5.75 Å². The summed E-state index contributed by atoms with van der Waals surface area (Å²) in [4.78, 5) is 12.6. The van der Waals surface area contributed by atoms with Gasteiger partial charge in [0, 0.05) is 11.6 Å². The van der Waals surface area contributed by atoms with Gasteiger partial charge in [-0.3, -0.25) is 0 Å². The van der Waals surface area contributed by atoms with Crippen LogP contribution in [0.1, 0.15) is 0 Å².